The van der Waals surface area contributed by atoms with Gasteiger partial charge in [-0.3, -0.25) is 0 Å². The fraction of sp³-hybridized carbons (Fsp3) is 0.111. The van der Waals surface area contributed by atoms with Gasteiger partial charge in [0.1, 0.15) is 5.82 Å². The largest absolute Gasteiger partial charge is 0.394 e. The van der Waals surface area contributed by atoms with Gasteiger partial charge in [0, 0.05) is 12.4 Å². The highest BCUT2D eigenvalue weighted by Gasteiger charge is 2.05. The molecule has 0 saturated carbocycles. The Morgan fingerprint density at radius 3 is 3.08 bits per heavy atom. The summed E-state index contributed by atoms with van der Waals surface area (Å²) in [4.78, 5) is 6.83. The van der Waals surface area contributed by atoms with Gasteiger partial charge in [-0.2, -0.15) is 23.8 Å². The number of H-pyrrole nitrogens is 1. The zero-order valence-electron chi connectivity index (χ0n) is 6.44. The Labute approximate surface area is 70.1 Å². The first-order valence-corrected chi connectivity index (χ1v) is 3.77. The second-order valence-corrected chi connectivity index (χ2v) is 2.60. The third-order valence-corrected chi connectivity index (χ3v) is 1.78. The van der Waals surface area contributed by atoms with Gasteiger partial charge in [0.2, 0.25) is 0 Å². The van der Waals surface area contributed by atoms with E-state index in [4.69, 9.17) is 0 Å². The van der Waals surface area contributed by atoms with Gasteiger partial charge in [-0.05, 0) is 0 Å². The molecule has 1 heterocycles. The molecule has 0 aliphatic rings. The maximum atomic E-state index is 9.68. The molecule has 2 aromatic rings. The van der Waals surface area contributed by atoms with Crippen molar-refractivity contribution in [1.29, 1.82) is 0 Å². The number of aromatic nitrogens is 2. The Kier molecular flexibility index (Phi) is 1.72. The van der Waals surface area contributed by atoms with Gasteiger partial charge in [0.15, 0.2) is 0 Å². The zero-order valence-corrected chi connectivity index (χ0v) is 6.44. The number of hydrogen-bond donors (Lipinski definition) is 2. The summed E-state index contributed by atoms with van der Waals surface area (Å²) >= 11 is 0. The highest BCUT2D eigenvalue weighted by Crippen LogP contribution is 2.17. The third kappa shape index (κ3) is 1.14. The van der Waals surface area contributed by atoms with E-state index >= 15 is 0 Å². The number of aliphatic hydroxyl groups is 1. The van der Waals surface area contributed by atoms with E-state index in [0.717, 1.165) is 5.56 Å². The molecule has 2 N–H and O–H groups in total. The van der Waals surface area contributed by atoms with Crippen molar-refractivity contribution in [1.82, 2.24) is 9.97 Å². The summed E-state index contributed by atoms with van der Waals surface area (Å²) in [6, 6.07) is 7.52. The van der Waals surface area contributed by atoms with Crippen molar-refractivity contribution in [3.05, 3.63) is 48.0 Å². The Balaban J connectivity index is 2.27. The first kappa shape index (κ1) is 7.18. The molecule has 1 atom stereocenters. The smallest absolute Gasteiger partial charge is 0.126 e. The van der Waals surface area contributed by atoms with Gasteiger partial charge in [0.25, 0.3) is 0 Å². The molecule has 1 aromatic heterocycles. The van der Waals surface area contributed by atoms with E-state index in [-0.39, 0.29) is 0 Å². The van der Waals surface area contributed by atoms with Crippen LogP contribution in [0, 0.1) is 0 Å². The Morgan fingerprint density at radius 2 is 2.50 bits per heavy atom. The molecule has 12 heavy (non-hydrogen) atoms. The van der Waals surface area contributed by atoms with E-state index in [1.54, 1.807) is 12.4 Å². The van der Waals surface area contributed by atoms with Gasteiger partial charge in [-0.1, -0.05) is 0 Å². The molecule has 62 valence electrons. The molecule has 0 aliphatic heterocycles. The summed E-state index contributed by atoms with van der Waals surface area (Å²) in [7, 11) is 0. The van der Waals surface area contributed by atoms with Crippen LogP contribution >= 0.6 is 0 Å². The molecule has 0 saturated heterocycles. The topological polar surface area (TPSA) is 48.9 Å². The second-order valence-electron chi connectivity index (χ2n) is 2.60. The van der Waals surface area contributed by atoms with Crippen LogP contribution in [0.2, 0.25) is 0 Å². The van der Waals surface area contributed by atoms with E-state index in [9.17, 15) is 5.11 Å². The first-order chi connectivity index (χ1) is 5.88. The van der Waals surface area contributed by atoms with Crippen LogP contribution in [0.4, 0.5) is 0 Å². The van der Waals surface area contributed by atoms with Crippen molar-refractivity contribution in [3.8, 4) is 0 Å². The SMILES string of the molecule is OC(c1cc[cH-]c1)c1ncc[nH]1. The molecule has 1 unspecified atom stereocenters. The van der Waals surface area contributed by atoms with Crippen LogP contribution in [-0.4, -0.2) is 15.1 Å². The van der Waals surface area contributed by atoms with Gasteiger partial charge >= 0.3 is 0 Å². The first-order valence-electron chi connectivity index (χ1n) is 3.77. The highest BCUT2D eigenvalue weighted by molar-refractivity contribution is 5.23. The van der Waals surface area contributed by atoms with E-state index < -0.39 is 6.10 Å². The standard InChI is InChI=1S/C9H9N2O/c12-8(7-3-1-2-4-7)9-10-5-6-11-9/h1-6,8,12H,(H,10,11)/q-1. The fourth-order valence-electron chi connectivity index (χ4n) is 1.16. The van der Waals surface area contributed by atoms with Crippen LogP contribution in [0.1, 0.15) is 17.5 Å². The lowest BCUT2D eigenvalue weighted by Crippen LogP contribution is -1.99. The molecule has 0 fully saturated rings. The van der Waals surface area contributed by atoms with Crippen LogP contribution < -0.4 is 0 Å². The number of nitrogens with one attached hydrogen (secondary N) is 1. The normalized spacial score (nSPS) is 13.1. The summed E-state index contributed by atoms with van der Waals surface area (Å²) in [5.74, 6) is 0.584. The summed E-state index contributed by atoms with van der Waals surface area (Å²) in [5.41, 5.74) is 0.866. The molecule has 2 rings (SSSR count). The predicted molar refractivity (Wildman–Crippen MR) is 44.7 cm³/mol. The minimum Gasteiger partial charge on any atom is -0.394 e. The average Bonchev–Trinajstić information content (AvgIpc) is 2.77. The van der Waals surface area contributed by atoms with Crippen LogP contribution in [0.25, 0.3) is 0 Å². The zero-order chi connectivity index (χ0) is 8.39. The van der Waals surface area contributed by atoms with Crippen LogP contribution in [0.15, 0.2) is 36.7 Å². The van der Waals surface area contributed by atoms with E-state index in [2.05, 4.69) is 9.97 Å². The molecule has 1 aromatic carbocycles. The molecule has 0 amide bonds. The van der Waals surface area contributed by atoms with E-state index in [1.807, 2.05) is 24.3 Å². The van der Waals surface area contributed by atoms with Gasteiger partial charge in [-0.15, -0.1) is 0 Å². The van der Waals surface area contributed by atoms with Crippen LogP contribution in [0.5, 0.6) is 0 Å². The minimum absolute atomic E-state index is 0.584. The minimum atomic E-state index is -0.630. The molecule has 3 heteroatoms. The Morgan fingerprint density at radius 1 is 1.58 bits per heavy atom. The van der Waals surface area contributed by atoms with Gasteiger partial charge < -0.3 is 10.1 Å². The molecule has 0 spiro atoms. The van der Waals surface area contributed by atoms with E-state index in [1.165, 1.54) is 0 Å². The second kappa shape index (κ2) is 2.87. The van der Waals surface area contributed by atoms with Crippen LogP contribution in [-0.2, 0) is 0 Å². The average molecular weight is 161 g/mol. The highest BCUT2D eigenvalue weighted by atomic mass is 16.3. The number of aromatic amines is 1. The van der Waals surface area contributed by atoms with E-state index in [0.29, 0.717) is 5.82 Å². The van der Waals surface area contributed by atoms with Gasteiger partial charge in [0.05, 0.1) is 6.10 Å². The summed E-state index contributed by atoms with van der Waals surface area (Å²) < 4.78 is 0. The lowest BCUT2D eigenvalue weighted by molar-refractivity contribution is 0.211. The number of aliphatic hydroxyl groups excluding tert-OH is 1. The summed E-state index contributed by atoms with van der Waals surface area (Å²) in [5, 5.41) is 9.68. The van der Waals surface area contributed by atoms with Crippen molar-refractivity contribution in [2.75, 3.05) is 0 Å². The fourth-order valence-corrected chi connectivity index (χ4v) is 1.16. The van der Waals surface area contributed by atoms with Crippen LogP contribution in [0.3, 0.4) is 0 Å². The number of imidazole rings is 1. The quantitative estimate of drug-likeness (QED) is 0.650. The lowest BCUT2D eigenvalue weighted by Gasteiger charge is -2.10. The maximum Gasteiger partial charge on any atom is 0.126 e. The predicted octanol–water partition coefficient (Wildman–Crippen LogP) is 1.21. The van der Waals surface area contributed by atoms with Gasteiger partial charge in [-0.25, -0.2) is 11.1 Å². The molecule has 0 bridgehead atoms. The molecule has 0 radical (unpaired) electrons. The number of nitrogens with zero attached hydrogens (tertiary/aromatic N) is 1. The number of hydrogen-bond acceptors (Lipinski definition) is 2. The third-order valence-electron chi connectivity index (χ3n) is 1.78. The molecular formula is C9H9N2O-. The summed E-state index contributed by atoms with van der Waals surface area (Å²) in [6.45, 7) is 0. The van der Waals surface area contributed by atoms with Crippen molar-refractivity contribution in [2.24, 2.45) is 0 Å². The molecule has 3 nitrogen and oxygen atoms in total. The molecule has 0 aliphatic carbocycles. The Bertz CT molecular complexity index is 289. The van der Waals surface area contributed by atoms with Crippen molar-refractivity contribution in [2.45, 2.75) is 6.10 Å². The monoisotopic (exact) mass is 161 g/mol. The van der Waals surface area contributed by atoms with Crippen molar-refractivity contribution >= 4 is 0 Å². The Hall–Kier alpha value is -1.48. The number of rotatable bonds is 2. The van der Waals surface area contributed by atoms with Crippen molar-refractivity contribution in [3.63, 3.8) is 0 Å². The summed E-state index contributed by atoms with van der Waals surface area (Å²) in [6.07, 6.45) is 2.69. The maximum absolute atomic E-state index is 9.68. The lowest BCUT2D eigenvalue weighted by atomic mass is 10.2. The molecular weight excluding hydrogens is 152 g/mol. The van der Waals surface area contributed by atoms with Crippen molar-refractivity contribution < 1.29 is 5.11 Å².